The first-order valence-corrected chi connectivity index (χ1v) is 6.77. The molecule has 1 aliphatic rings. The van der Waals surface area contributed by atoms with Gasteiger partial charge in [-0.15, -0.1) is 0 Å². The number of benzene rings is 1. The number of hydrogen-bond donors (Lipinski definition) is 1. The van der Waals surface area contributed by atoms with Crippen LogP contribution in [-0.2, 0) is 4.79 Å². The number of halogens is 1. The summed E-state index contributed by atoms with van der Waals surface area (Å²) >= 11 is 6.08. The number of amides is 1. The van der Waals surface area contributed by atoms with E-state index in [-0.39, 0.29) is 17.9 Å². The van der Waals surface area contributed by atoms with Crippen LogP contribution in [0.3, 0.4) is 0 Å². The molecule has 0 aliphatic heterocycles. The Balaban J connectivity index is 2.12. The van der Waals surface area contributed by atoms with Crippen molar-refractivity contribution in [2.45, 2.75) is 25.3 Å². The van der Waals surface area contributed by atoms with Gasteiger partial charge in [0.15, 0.2) is 0 Å². The van der Waals surface area contributed by atoms with Crippen LogP contribution in [0, 0.1) is 5.92 Å². The Kier molecular flexibility index (Phi) is 4.32. The minimum Gasteiger partial charge on any atom is -0.495 e. The van der Waals surface area contributed by atoms with Crippen molar-refractivity contribution in [3.05, 3.63) is 23.2 Å². The highest BCUT2D eigenvalue weighted by molar-refractivity contribution is 6.32. The Bertz CT molecular complexity index is 479. The quantitative estimate of drug-likeness (QED) is 0.926. The third-order valence-corrected chi connectivity index (χ3v) is 3.97. The zero-order valence-electron chi connectivity index (χ0n) is 11.2. The van der Waals surface area contributed by atoms with Crippen molar-refractivity contribution in [1.82, 2.24) is 0 Å². The van der Waals surface area contributed by atoms with Gasteiger partial charge in [0.25, 0.3) is 0 Å². The smallest absolute Gasteiger partial charge is 0.229 e. The number of nitrogens with zero attached hydrogens (tertiary/aromatic N) is 1. The van der Waals surface area contributed by atoms with Crippen LogP contribution in [-0.4, -0.2) is 26.1 Å². The zero-order valence-corrected chi connectivity index (χ0v) is 12.0. The fourth-order valence-electron chi connectivity index (χ4n) is 2.51. The van der Waals surface area contributed by atoms with Crippen molar-refractivity contribution < 1.29 is 9.53 Å². The molecule has 2 atom stereocenters. The average molecular weight is 283 g/mol. The third-order valence-electron chi connectivity index (χ3n) is 3.68. The molecule has 1 aromatic rings. The molecular formula is C14H19ClN2O2. The van der Waals surface area contributed by atoms with Crippen molar-refractivity contribution in [3.63, 3.8) is 0 Å². The van der Waals surface area contributed by atoms with Crippen LogP contribution in [0.4, 0.5) is 5.69 Å². The number of carbonyl (C=O) groups excluding carboxylic acids is 1. The number of nitrogens with two attached hydrogens (primary N) is 1. The number of anilines is 1. The Hall–Kier alpha value is -1.26. The lowest BCUT2D eigenvalue weighted by Gasteiger charge is -2.21. The Labute approximate surface area is 118 Å². The Morgan fingerprint density at radius 2 is 2.21 bits per heavy atom. The molecule has 0 heterocycles. The van der Waals surface area contributed by atoms with Crippen molar-refractivity contribution in [1.29, 1.82) is 0 Å². The molecule has 0 aromatic heterocycles. The molecule has 0 spiro atoms. The predicted octanol–water partition coefficient (Wildman–Crippen LogP) is 2.44. The molecule has 1 amide bonds. The van der Waals surface area contributed by atoms with E-state index in [1.165, 1.54) is 0 Å². The van der Waals surface area contributed by atoms with E-state index >= 15 is 0 Å². The second-order valence-electron chi connectivity index (χ2n) is 4.99. The standard InChI is InChI=1S/C14H19ClN2O2/c1-17(14(18)9-3-4-10(16)7-9)11-5-6-13(19-2)12(15)8-11/h5-6,8-10H,3-4,7,16H2,1-2H3. The summed E-state index contributed by atoms with van der Waals surface area (Å²) in [5.41, 5.74) is 6.63. The summed E-state index contributed by atoms with van der Waals surface area (Å²) in [6, 6.07) is 5.49. The van der Waals surface area contributed by atoms with Gasteiger partial charge in [0.2, 0.25) is 5.91 Å². The molecular weight excluding hydrogens is 264 g/mol. The number of ether oxygens (including phenoxy) is 1. The molecule has 104 valence electrons. The van der Waals surface area contributed by atoms with Gasteiger partial charge in [-0.3, -0.25) is 4.79 Å². The van der Waals surface area contributed by atoms with E-state index in [9.17, 15) is 4.79 Å². The van der Waals surface area contributed by atoms with E-state index in [0.29, 0.717) is 10.8 Å². The van der Waals surface area contributed by atoms with Crippen molar-refractivity contribution >= 4 is 23.2 Å². The van der Waals surface area contributed by atoms with E-state index in [0.717, 1.165) is 24.9 Å². The Morgan fingerprint density at radius 1 is 1.47 bits per heavy atom. The van der Waals surface area contributed by atoms with Gasteiger partial charge in [0.1, 0.15) is 5.75 Å². The first-order chi connectivity index (χ1) is 9.02. The van der Waals surface area contributed by atoms with Crippen LogP contribution in [0.25, 0.3) is 0 Å². The first-order valence-electron chi connectivity index (χ1n) is 6.39. The van der Waals surface area contributed by atoms with Gasteiger partial charge in [0.05, 0.1) is 12.1 Å². The van der Waals surface area contributed by atoms with Crippen LogP contribution < -0.4 is 15.4 Å². The van der Waals surface area contributed by atoms with Crippen LogP contribution >= 0.6 is 11.6 Å². The fraction of sp³-hybridized carbons (Fsp3) is 0.500. The van der Waals surface area contributed by atoms with Gasteiger partial charge < -0.3 is 15.4 Å². The van der Waals surface area contributed by atoms with Crippen LogP contribution in [0.1, 0.15) is 19.3 Å². The summed E-state index contributed by atoms with van der Waals surface area (Å²) in [6.45, 7) is 0. The van der Waals surface area contributed by atoms with Crippen LogP contribution in [0.2, 0.25) is 5.02 Å². The predicted molar refractivity (Wildman–Crippen MR) is 76.7 cm³/mol. The normalized spacial score (nSPS) is 22.3. The molecule has 2 N–H and O–H groups in total. The molecule has 1 aromatic carbocycles. The molecule has 2 rings (SSSR count). The maximum absolute atomic E-state index is 12.4. The third kappa shape index (κ3) is 3.01. The summed E-state index contributed by atoms with van der Waals surface area (Å²) in [6.07, 6.45) is 2.56. The molecule has 0 bridgehead atoms. The highest BCUT2D eigenvalue weighted by atomic mass is 35.5. The number of methoxy groups -OCH3 is 1. The zero-order chi connectivity index (χ0) is 14.0. The van der Waals surface area contributed by atoms with Gasteiger partial charge in [0, 0.05) is 24.7 Å². The average Bonchev–Trinajstić information content (AvgIpc) is 2.83. The summed E-state index contributed by atoms with van der Waals surface area (Å²) in [4.78, 5) is 14.0. The summed E-state index contributed by atoms with van der Waals surface area (Å²) < 4.78 is 5.10. The van der Waals surface area contributed by atoms with E-state index in [2.05, 4.69) is 0 Å². The molecule has 1 fully saturated rings. The lowest BCUT2D eigenvalue weighted by Crippen LogP contribution is -2.32. The monoisotopic (exact) mass is 282 g/mol. The highest BCUT2D eigenvalue weighted by Crippen LogP contribution is 2.31. The van der Waals surface area contributed by atoms with Gasteiger partial charge in [-0.1, -0.05) is 11.6 Å². The lowest BCUT2D eigenvalue weighted by atomic mass is 10.1. The molecule has 4 nitrogen and oxygen atoms in total. The van der Waals surface area contributed by atoms with Crippen molar-refractivity contribution in [2.75, 3.05) is 19.1 Å². The van der Waals surface area contributed by atoms with E-state index in [1.54, 1.807) is 31.2 Å². The molecule has 5 heteroatoms. The molecule has 2 unspecified atom stereocenters. The van der Waals surface area contributed by atoms with Gasteiger partial charge in [-0.25, -0.2) is 0 Å². The number of carbonyl (C=O) groups is 1. The van der Waals surface area contributed by atoms with Gasteiger partial charge in [-0.2, -0.15) is 0 Å². The second kappa shape index (κ2) is 5.80. The maximum Gasteiger partial charge on any atom is 0.229 e. The summed E-state index contributed by atoms with van der Waals surface area (Å²) in [5, 5.41) is 0.503. The van der Waals surface area contributed by atoms with Crippen molar-refractivity contribution in [2.24, 2.45) is 11.7 Å². The minimum atomic E-state index is 0.0286. The Morgan fingerprint density at radius 3 is 2.74 bits per heavy atom. The summed E-state index contributed by atoms with van der Waals surface area (Å²) in [7, 11) is 3.33. The molecule has 19 heavy (non-hydrogen) atoms. The topological polar surface area (TPSA) is 55.6 Å². The fourth-order valence-corrected chi connectivity index (χ4v) is 2.76. The van der Waals surface area contributed by atoms with E-state index < -0.39 is 0 Å². The van der Waals surface area contributed by atoms with Crippen LogP contribution in [0.5, 0.6) is 5.75 Å². The SMILES string of the molecule is COc1ccc(N(C)C(=O)C2CCC(N)C2)cc1Cl. The molecule has 0 radical (unpaired) electrons. The molecule has 1 aliphatic carbocycles. The molecule has 1 saturated carbocycles. The first kappa shape index (κ1) is 14.2. The van der Waals surface area contributed by atoms with Crippen molar-refractivity contribution in [3.8, 4) is 5.75 Å². The largest absolute Gasteiger partial charge is 0.495 e. The highest BCUT2D eigenvalue weighted by Gasteiger charge is 2.30. The lowest BCUT2D eigenvalue weighted by molar-refractivity contribution is -0.121. The van der Waals surface area contributed by atoms with E-state index in [4.69, 9.17) is 22.1 Å². The number of rotatable bonds is 3. The van der Waals surface area contributed by atoms with Crippen LogP contribution in [0.15, 0.2) is 18.2 Å². The second-order valence-corrected chi connectivity index (χ2v) is 5.39. The summed E-state index contributed by atoms with van der Waals surface area (Å²) in [5.74, 6) is 0.740. The van der Waals surface area contributed by atoms with E-state index in [1.807, 2.05) is 6.07 Å². The maximum atomic E-state index is 12.4. The van der Waals surface area contributed by atoms with Gasteiger partial charge in [-0.05, 0) is 37.5 Å². The number of hydrogen-bond acceptors (Lipinski definition) is 3. The molecule has 0 saturated heterocycles. The minimum absolute atomic E-state index is 0.0286. The van der Waals surface area contributed by atoms with Gasteiger partial charge >= 0.3 is 0 Å².